The summed E-state index contributed by atoms with van der Waals surface area (Å²) in [4.78, 5) is 22.5. The van der Waals surface area contributed by atoms with Gasteiger partial charge >= 0.3 is 12.0 Å². The minimum Gasteiger partial charge on any atom is -0.480 e. The summed E-state index contributed by atoms with van der Waals surface area (Å²) in [6.45, 7) is 6.00. The topological polar surface area (TPSA) is 78.4 Å². The maximum atomic E-state index is 11.6. The molecule has 0 bridgehead atoms. The quantitative estimate of drug-likeness (QED) is 0.685. The van der Waals surface area contributed by atoms with Crippen molar-refractivity contribution in [2.45, 2.75) is 52.1 Å². The van der Waals surface area contributed by atoms with Crippen LogP contribution in [0.2, 0.25) is 0 Å². The standard InChI is InChI=1S/C12H22N2O3/c1-7(2)4-10(11(15)16)14-12(17)13-9-5-8(3)6-9/h7-10H,4-6H2,1-3H3,(H,15,16)(H2,13,14,17)/t8?,9?,10-/m1/s1. The monoisotopic (exact) mass is 242 g/mol. The molecule has 1 atom stereocenters. The first-order valence-corrected chi connectivity index (χ1v) is 6.18. The molecule has 1 aliphatic carbocycles. The van der Waals surface area contributed by atoms with Gasteiger partial charge in [0.05, 0.1) is 0 Å². The number of hydrogen-bond donors (Lipinski definition) is 3. The summed E-state index contributed by atoms with van der Waals surface area (Å²) in [6, 6.07) is -0.957. The first kappa shape index (κ1) is 13.8. The van der Waals surface area contributed by atoms with Crippen molar-refractivity contribution in [3.63, 3.8) is 0 Å². The predicted octanol–water partition coefficient (Wildman–Crippen LogP) is 1.58. The molecular formula is C12H22N2O3. The average Bonchev–Trinajstić information content (AvgIpc) is 2.13. The van der Waals surface area contributed by atoms with E-state index >= 15 is 0 Å². The van der Waals surface area contributed by atoms with Crippen LogP contribution in [0.15, 0.2) is 0 Å². The maximum absolute atomic E-state index is 11.6. The summed E-state index contributed by atoms with van der Waals surface area (Å²) in [5, 5.41) is 14.3. The van der Waals surface area contributed by atoms with Gasteiger partial charge < -0.3 is 15.7 Å². The molecule has 0 unspecified atom stereocenters. The molecule has 0 aliphatic heterocycles. The Labute approximate surface area is 102 Å². The Morgan fingerprint density at radius 1 is 1.35 bits per heavy atom. The lowest BCUT2D eigenvalue weighted by Gasteiger charge is -2.33. The Morgan fingerprint density at radius 3 is 2.35 bits per heavy atom. The van der Waals surface area contributed by atoms with Gasteiger partial charge in [-0.15, -0.1) is 0 Å². The molecule has 0 aromatic rings. The summed E-state index contributed by atoms with van der Waals surface area (Å²) in [5.41, 5.74) is 0. The Kier molecular flexibility index (Phi) is 4.78. The normalized spacial score (nSPS) is 24.9. The second-order valence-electron chi connectivity index (χ2n) is 5.41. The molecular weight excluding hydrogens is 220 g/mol. The molecule has 5 heteroatoms. The minimum atomic E-state index is -0.976. The van der Waals surface area contributed by atoms with E-state index in [-0.39, 0.29) is 18.0 Å². The molecule has 0 aromatic carbocycles. The summed E-state index contributed by atoms with van der Waals surface area (Å²) >= 11 is 0. The lowest BCUT2D eigenvalue weighted by molar-refractivity contribution is -0.139. The number of urea groups is 1. The first-order chi connectivity index (χ1) is 7.88. The van der Waals surface area contributed by atoms with Gasteiger partial charge in [-0.1, -0.05) is 20.8 Å². The van der Waals surface area contributed by atoms with E-state index in [1.165, 1.54) is 0 Å². The molecule has 17 heavy (non-hydrogen) atoms. The van der Waals surface area contributed by atoms with Crippen LogP contribution in [0.5, 0.6) is 0 Å². The van der Waals surface area contributed by atoms with Gasteiger partial charge in [0.1, 0.15) is 6.04 Å². The van der Waals surface area contributed by atoms with E-state index in [4.69, 9.17) is 5.11 Å². The number of carbonyl (C=O) groups is 2. The van der Waals surface area contributed by atoms with Crippen LogP contribution < -0.4 is 10.6 Å². The van der Waals surface area contributed by atoms with E-state index in [0.717, 1.165) is 12.8 Å². The van der Waals surface area contributed by atoms with E-state index in [2.05, 4.69) is 17.6 Å². The summed E-state index contributed by atoms with van der Waals surface area (Å²) in [5.74, 6) is -0.0813. The zero-order valence-corrected chi connectivity index (χ0v) is 10.7. The van der Waals surface area contributed by atoms with Gasteiger partial charge in [-0.05, 0) is 31.1 Å². The molecule has 0 heterocycles. The lowest BCUT2D eigenvalue weighted by Crippen LogP contribution is -2.52. The zero-order chi connectivity index (χ0) is 13.0. The van der Waals surface area contributed by atoms with Gasteiger partial charge in [0.25, 0.3) is 0 Å². The largest absolute Gasteiger partial charge is 0.480 e. The number of nitrogens with one attached hydrogen (secondary N) is 2. The van der Waals surface area contributed by atoms with Crippen LogP contribution in [0.1, 0.15) is 40.0 Å². The van der Waals surface area contributed by atoms with E-state index in [0.29, 0.717) is 12.3 Å². The van der Waals surface area contributed by atoms with Gasteiger partial charge in [0.2, 0.25) is 0 Å². The second kappa shape index (κ2) is 5.89. The van der Waals surface area contributed by atoms with Gasteiger partial charge in [-0.3, -0.25) is 0 Å². The summed E-state index contributed by atoms with van der Waals surface area (Å²) in [7, 11) is 0. The predicted molar refractivity (Wildman–Crippen MR) is 64.7 cm³/mol. The highest BCUT2D eigenvalue weighted by Crippen LogP contribution is 2.26. The van der Waals surface area contributed by atoms with E-state index in [9.17, 15) is 9.59 Å². The average molecular weight is 242 g/mol. The number of aliphatic carboxylic acids is 1. The van der Waals surface area contributed by atoms with Crippen LogP contribution in [0.3, 0.4) is 0 Å². The van der Waals surface area contributed by atoms with E-state index < -0.39 is 12.0 Å². The van der Waals surface area contributed by atoms with Crippen LogP contribution in [0, 0.1) is 11.8 Å². The maximum Gasteiger partial charge on any atom is 0.326 e. The Hall–Kier alpha value is -1.26. The molecule has 0 radical (unpaired) electrons. The Bertz CT molecular complexity index is 285. The first-order valence-electron chi connectivity index (χ1n) is 6.18. The fourth-order valence-electron chi connectivity index (χ4n) is 2.10. The molecule has 1 saturated carbocycles. The van der Waals surface area contributed by atoms with Crippen molar-refractivity contribution >= 4 is 12.0 Å². The second-order valence-corrected chi connectivity index (χ2v) is 5.41. The van der Waals surface area contributed by atoms with Crippen LogP contribution in [-0.2, 0) is 4.79 Å². The van der Waals surface area contributed by atoms with E-state index in [1.54, 1.807) is 0 Å². The Balaban J connectivity index is 2.33. The van der Waals surface area contributed by atoms with Gasteiger partial charge in [-0.2, -0.15) is 0 Å². The number of carbonyl (C=O) groups excluding carboxylic acids is 1. The van der Waals surface area contributed by atoms with Crippen LogP contribution >= 0.6 is 0 Å². The molecule has 98 valence electrons. The van der Waals surface area contributed by atoms with Gasteiger partial charge in [0, 0.05) is 6.04 Å². The number of carboxylic acids is 1. The fourth-order valence-corrected chi connectivity index (χ4v) is 2.10. The number of amides is 2. The number of hydrogen-bond acceptors (Lipinski definition) is 2. The third-order valence-electron chi connectivity index (χ3n) is 3.02. The number of rotatable bonds is 5. The molecule has 2 amide bonds. The molecule has 1 fully saturated rings. The van der Waals surface area contributed by atoms with Crippen molar-refractivity contribution in [3.8, 4) is 0 Å². The smallest absolute Gasteiger partial charge is 0.326 e. The minimum absolute atomic E-state index is 0.207. The summed E-state index contributed by atoms with van der Waals surface area (Å²) in [6.07, 6.45) is 2.41. The highest BCUT2D eigenvalue weighted by molar-refractivity contribution is 5.82. The SMILES string of the molecule is CC(C)C[C@@H](NC(=O)NC1CC(C)C1)C(=O)O. The van der Waals surface area contributed by atoms with Crippen LogP contribution in [0.4, 0.5) is 4.79 Å². The number of carboxylic acid groups (broad SMARTS) is 1. The van der Waals surface area contributed by atoms with Crippen molar-refractivity contribution in [1.29, 1.82) is 0 Å². The van der Waals surface area contributed by atoms with Crippen LogP contribution in [0.25, 0.3) is 0 Å². The molecule has 0 saturated heterocycles. The van der Waals surface area contributed by atoms with E-state index in [1.807, 2.05) is 13.8 Å². The Morgan fingerprint density at radius 2 is 1.94 bits per heavy atom. The van der Waals surface area contributed by atoms with Gasteiger partial charge in [-0.25, -0.2) is 9.59 Å². The van der Waals surface area contributed by atoms with Crippen molar-refractivity contribution in [3.05, 3.63) is 0 Å². The third kappa shape index (κ3) is 4.63. The summed E-state index contributed by atoms with van der Waals surface area (Å²) < 4.78 is 0. The van der Waals surface area contributed by atoms with Gasteiger partial charge in [0.15, 0.2) is 0 Å². The molecule has 3 N–H and O–H groups in total. The molecule has 0 spiro atoms. The highest BCUT2D eigenvalue weighted by atomic mass is 16.4. The van der Waals surface area contributed by atoms with Crippen LogP contribution in [-0.4, -0.2) is 29.2 Å². The molecule has 5 nitrogen and oxygen atoms in total. The molecule has 1 aliphatic rings. The zero-order valence-electron chi connectivity index (χ0n) is 10.7. The van der Waals surface area contributed by atoms with Crippen molar-refractivity contribution in [2.75, 3.05) is 0 Å². The lowest BCUT2D eigenvalue weighted by atomic mass is 9.82. The molecule has 0 aromatic heterocycles. The van der Waals surface area contributed by atoms with Crippen molar-refractivity contribution in [2.24, 2.45) is 11.8 Å². The molecule has 1 rings (SSSR count). The van der Waals surface area contributed by atoms with Crippen molar-refractivity contribution in [1.82, 2.24) is 10.6 Å². The fraction of sp³-hybridized carbons (Fsp3) is 0.833. The highest BCUT2D eigenvalue weighted by Gasteiger charge is 2.28. The third-order valence-corrected chi connectivity index (χ3v) is 3.02. The van der Waals surface area contributed by atoms with Crippen molar-refractivity contribution < 1.29 is 14.7 Å².